The number of nitrogens with zero attached hydrogens (tertiary/aromatic N) is 6. The molecule has 32 nitrogen and oxygen atoms in total. The number of carboxylic acids is 3. The van der Waals surface area contributed by atoms with Gasteiger partial charge in [0.2, 0.25) is 23.6 Å². The van der Waals surface area contributed by atoms with Crippen LogP contribution in [0.4, 0.5) is 18.4 Å². The van der Waals surface area contributed by atoms with E-state index in [1.165, 1.54) is 30.5 Å². The highest BCUT2D eigenvalue weighted by Crippen LogP contribution is 2.34. The number of pyridine rings is 1. The molecule has 3 heterocycles. The third kappa shape index (κ3) is 29.6. The van der Waals surface area contributed by atoms with Gasteiger partial charge >= 0.3 is 28.1 Å². The monoisotopic (exact) mass is 1450 g/mol. The minimum atomic E-state index is -5.93. The first-order valence-electron chi connectivity index (χ1n) is 32.8. The van der Waals surface area contributed by atoms with Crippen molar-refractivity contribution >= 4 is 96.1 Å². The van der Waals surface area contributed by atoms with Gasteiger partial charge in [-0.05, 0) is 48.2 Å². The third-order valence-corrected chi connectivity index (χ3v) is 16.7. The summed E-state index contributed by atoms with van der Waals surface area (Å²) >= 11 is 0. The number of benzene rings is 3. The van der Waals surface area contributed by atoms with E-state index in [1.807, 2.05) is 23.1 Å². The zero-order chi connectivity index (χ0) is 73.2. The number of halogens is 3. The van der Waals surface area contributed by atoms with E-state index in [0.29, 0.717) is 96.2 Å². The summed E-state index contributed by atoms with van der Waals surface area (Å²) in [5.41, 5.74) is 0.457. The quantitative estimate of drug-likeness (QED) is 0.0218. The number of alkyl halides is 2. The van der Waals surface area contributed by atoms with E-state index >= 15 is 0 Å². The van der Waals surface area contributed by atoms with Crippen molar-refractivity contribution in [2.75, 3.05) is 189 Å². The normalized spacial score (nSPS) is 16.2. The number of likely N-dealkylation sites (tertiary alicyclic amines) is 1. The SMILES string of the molecule is O=C(O)CN1CCN(CC(=O)O)CCN(CC(=O)NCCOCCOCCOCCOCCOCCOCCC(=O)NCCCCC(NC(=O)c2cccc3ccccc23)C(=O)Nc2cccc3c(C(=O)NCC(=O)N4CC(F)(F)CC4C(=O)S(=O)(=O)F)ccnc23)CCN(CC(=O)O)CC1. The summed E-state index contributed by atoms with van der Waals surface area (Å²) in [6.07, 6.45) is 0.772. The Morgan fingerprint density at radius 1 is 0.554 bits per heavy atom. The van der Waals surface area contributed by atoms with Gasteiger partial charge in [-0.1, -0.05) is 52.4 Å². The van der Waals surface area contributed by atoms with Crippen molar-refractivity contribution in [3.63, 3.8) is 0 Å². The van der Waals surface area contributed by atoms with Crippen LogP contribution in [0.5, 0.6) is 0 Å². The number of rotatable bonds is 42. The maximum Gasteiger partial charge on any atom is 0.368 e. The Morgan fingerprint density at radius 3 is 1.59 bits per heavy atom. The van der Waals surface area contributed by atoms with Gasteiger partial charge in [0.15, 0.2) is 0 Å². The maximum absolute atomic E-state index is 14.2. The number of hydrogen-bond donors (Lipinski definition) is 8. The van der Waals surface area contributed by atoms with Crippen molar-refractivity contribution < 1.29 is 113 Å². The van der Waals surface area contributed by atoms with Gasteiger partial charge in [0.05, 0.1) is 135 Å². The number of hydrogen-bond acceptors (Lipinski definition) is 23. The fraction of sp³-hybridized carbons (Fsp3) is 0.554. The summed E-state index contributed by atoms with van der Waals surface area (Å²) < 4.78 is 97.8. The molecule has 36 heteroatoms. The predicted molar refractivity (Wildman–Crippen MR) is 356 cm³/mol. The Morgan fingerprint density at radius 2 is 1.04 bits per heavy atom. The summed E-state index contributed by atoms with van der Waals surface area (Å²) in [4.78, 5) is 138. The van der Waals surface area contributed by atoms with Crippen molar-refractivity contribution in [2.45, 2.75) is 50.1 Å². The highest BCUT2D eigenvalue weighted by atomic mass is 32.3. The molecule has 0 radical (unpaired) electrons. The second-order valence-corrected chi connectivity index (χ2v) is 24.8. The molecule has 2 fully saturated rings. The van der Waals surface area contributed by atoms with Crippen molar-refractivity contribution in [3.05, 3.63) is 84.1 Å². The van der Waals surface area contributed by atoms with Crippen LogP contribution in [-0.2, 0) is 77.0 Å². The van der Waals surface area contributed by atoms with Crippen LogP contribution in [0.3, 0.4) is 0 Å². The van der Waals surface area contributed by atoms with Crippen molar-refractivity contribution in [2.24, 2.45) is 0 Å². The second-order valence-electron chi connectivity index (χ2n) is 23.5. The first-order chi connectivity index (χ1) is 48.4. The van der Waals surface area contributed by atoms with Gasteiger partial charge in [0.1, 0.15) is 12.1 Å². The molecule has 2 aliphatic rings. The van der Waals surface area contributed by atoms with Crippen LogP contribution < -0.4 is 26.6 Å². The minimum absolute atomic E-state index is 0.0103. The molecule has 0 bridgehead atoms. The highest BCUT2D eigenvalue weighted by Gasteiger charge is 2.52. The number of amides is 6. The molecule has 556 valence electrons. The molecule has 4 aromatic rings. The van der Waals surface area contributed by atoms with Gasteiger partial charge in [-0.3, -0.25) is 72.5 Å². The molecular weight excluding hydrogens is 1360 g/mol. The first-order valence-corrected chi connectivity index (χ1v) is 34.2. The van der Waals surface area contributed by atoms with Gasteiger partial charge < -0.3 is 75.2 Å². The summed E-state index contributed by atoms with van der Waals surface area (Å²) in [7, 11) is -5.93. The number of fused-ring (bicyclic) bond motifs is 2. The molecule has 101 heavy (non-hydrogen) atoms. The van der Waals surface area contributed by atoms with E-state index < -0.39 is 94.4 Å². The van der Waals surface area contributed by atoms with Crippen LogP contribution in [0.25, 0.3) is 21.7 Å². The highest BCUT2D eigenvalue weighted by molar-refractivity contribution is 8.01. The molecule has 0 aliphatic carbocycles. The number of aromatic nitrogens is 1. The molecule has 1 aromatic heterocycles. The van der Waals surface area contributed by atoms with Crippen molar-refractivity contribution in [3.8, 4) is 0 Å². The first kappa shape index (κ1) is 81.5. The lowest BCUT2D eigenvalue weighted by Gasteiger charge is -2.32. The van der Waals surface area contributed by atoms with E-state index in [2.05, 4.69) is 31.6 Å². The minimum Gasteiger partial charge on any atom is -0.480 e. The van der Waals surface area contributed by atoms with E-state index in [4.69, 9.17) is 28.4 Å². The van der Waals surface area contributed by atoms with Crippen molar-refractivity contribution in [1.29, 1.82) is 0 Å². The number of anilines is 1. The van der Waals surface area contributed by atoms with Gasteiger partial charge in [0, 0.05) is 95.4 Å². The number of aliphatic carboxylic acids is 3. The Kier molecular flexibility index (Phi) is 34.5. The molecule has 8 N–H and O–H groups in total. The average molecular weight is 1450 g/mol. The zero-order valence-electron chi connectivity index (χ0n) is 55.8. The van der Waals surface area contributed by atoms with Gasteiger partial charge in [-0.15, -0.1) is 0 Å². The van der Waals surface area contributed by atoms with E-state index in [9.17, 15) is 84.3 Å². The smallest absolute Gasteiger partial charge is 0.368 e. The summed E-state index contributed by atoms with van der Waals surface area (Å²) in [5, 5.41) is 41.2. The van der Waals surface area contributed by atoms with Gasteiger partial charge in [-0.25, -0.2) is 8.78 Å². The topological polar surface area (TPSA) is 410 Å². The Bertz CT molecular complexity index is 3510. The lowest BCUT2D eigenvalue weighted by molar-refractivity contribution is -0.140. The molecule has 2 aliphatic heterocycles. The number of unbranched alkanes of at least 4 members (excludes halogenated alkanes) is 1. The second kappa shape index (κ2) is 42.7. The maximum atomic E-state index is 14.2. The molecule has 2 unspecified atom stereocenters. The standard InChI is InChI=1S/C65H88F3N11O21S/c66-65(67)39-53(64(92)101(68,93)94)79(45-65)56(82)40-72-61(89)50-14-17-71-60-48(50)10-6-13-51(60)73-63(91)52(74-62(90)49-11-5-8-46-7-1-2-9-47(46)49)12-3-4-16-69-54(80)15-27-95-29-31-97-33-35-99-37-38-100-36-34-98-32-30-96-28-18-70-55(81)41-75-19-21-76(42-57(83)84)23-25-78(44-59(87)88)26-24-77(22-20-75)43-58(85)86/h1-2,5-11,13-14,17,52-53H,3-4,12,15-16,18-45H2,(H,69,80)(H,70,81)(H,72,89)(H,73,91)(H,74,90)(H,83,84)(H,85,86)(H,87,88). The van der Waals surface area contributed by atoms with Gasteiger partial charge in [0.25, 0.3) is 22.9 Å². The fourth-order valence-corrected chi connectivity index (χ4v) is 11.4. The Balaban J connectivity index is 0.801. The number of carbonyl (C=O) groups is 10. The van der Waals surface area contributed by atoms with Crippen LogP contribution in [0, 0.1) is 0 Å². The lowest BCUT2D eigenvalue weighted by Crippen LogP contribution is -2.50. The molecule has 6 rings (SSSR count). The van der Waals surface area contributed by atoms with Crippen LogP contribution in [0.1, 0.15) is 52.8 Å². The van der Waals surface area contributed by atoms with Crippen LogP contribution in [-0.4, -0.2) is 314 Å². The van der Waals surface area contributed by atoms with Crippen LogP contribution in [0.15, 0.2) is 72.9 Å². The van der Waals surface area contributed by atoms with Crippen LogP contribution in [0.2, 0.25) is 0 Å². The molecule has 6 amide bonds. The van der Waals surface area contributed by atoms with E-state index in [0.717, 1.165) is 5.39 Å². The summed E-state index contributed by atoms with van der Waals surface area (Å²) in [6.45, 7) is 2.96. The molecule has 0 saturated carbocycles. The lowest BCUT2D eigenvalue weighted by atomic mass is 10.0. The number of nitrogens with one attached hydrogen (secondary N) is 5. The Hall–Kier alpha value is -8.43. The molecular formula is C65H88F3N11O21S. The Labute approximate surface area is 580 Å². The summed E-state index contributed by atoms with van der Waals surface area (Å²) in [5.74, 6) is -10.8. The number of ether oxygens (including phenoxy) is 6. The van der Waals surface area contributed by atoms with Gasteiger partial charge in [-0.2, -0.15) is 8.42 Å². The third-order valence-electron chi connectivity index (χ3n) is 15.9. The van der Waals surface area contributed by atoms with Crippen molar-refractivity contribution in [1.82, 2.24) is 50.8 Å². The molecule has 2 atom stereocenters. The predicted octanol–water partition coefficient (Wildman–Crippen LogP) is 0.285. The molecule has 0 spiro atoms. The number of carboxylic acid groups (broad SMARTS) is 3. The zero-order valence-corrected chi connectivity index (χ0v) is 56.6. The number of para-hydroxylation sites is 1. The summed E-state index contributed by atoms with van der Waals surface area (Å²) in [6, 6.07) is 14.7. The molecule has 2 saturated heterocycles. The number of carbonyl (C=O) groups excluding carboxylic acids is 7. The largest absolute Gasteiger partial charge is 0.480 e. The average Bonchev–Trinajstić information content (AvgIpc) is 1.75. The van der Waals surface area contributed by atoms with Crippen LogP contribution >= 0.6 is 0 Å². The van der Waals surface area contributed by atoms with E-state index in [-0.39, 0.29) is 150 Å². The molecule has 3 aromatic carbocycles. The fourth-order valence-electron chi connectivity index (χ4n) is 10.9. The van der Waals surface area contributed by atoms with E-state index in [1.54, 1.807) is 39.0 Å².